The fourth-order valence-corrected chi connectivity index (χ4v) is 4.66. The molecule has 3 aromatic heterocycles. The summed E-state index contributed by atoms with van der Waals surface area (Å²) in [6.45, 7) is 2.11. The molecule has 7 rings (SSSR count). The SMILES string of the molecule is Cc1cnc(-c2[c-]ccc3c2oc2ccccc23)cc1Cc1ccccc1.[Ir].[c-]1ccccc1-c1ccccn1. The van der Waals surface area contributed by atoms with Crippen LogP contribution in [0.5, 0.6) is 0 Å². The summed E-state index contributed by atoms with van der Waals surface area (Å²) in [5.41, 5.74) is 9.33. The third-order valence-corrected chi connectivity index (χ3v) is 6.70. The monoisotopic (exact) mass is 695 g/mol. The smallest absolute Gasteiger partial charge is 0.120 e. The molecule has 0 aliphatic rings. The van der Waals surface area contributed by atoms with Gasteiger partial charge in [0.15, 0.2) is 0 Å². The largest absolute Gasteiger partial charge is 0.501 e. The van der Waals surface area contributed by atoms with Gasteiger partial charge in [-0.1, -0.05) is 77.7 Å². The first-order valence-electron chi connectivity index (χ1n) is 13.0. The van der Waals surface area contributed by atoms with Gasteiger partial charge in [0.25, 0.3) is 0 Å². The van der Waals surface area contributed by atoms with Crippen LogP contribution in [0.3, 0.4) is 0 Å². The van der Waals surface area contributed by atoms with Gasteiger partial charge in [-0.25, -0.2) is 0 Å². The molecule has 4 heteroatoms. The third kappa shape index (κ3) is 5.94. The Kier molecular flexibility index (Phi) is 8.61. The van der Waals surface area contributed by atoms with Crippen molar-refractivity contribution < 1.29 is 24.5 Å². The predicted octanol–water partition coefficient (Wildman–Crippen LogP) is 8.89. The van der Waals surface area contributed by atoms with Crippen molar-refractivity contribution in [2.24, 2.45) is 0 Å². The molecule has 3 nitrogen and oxygen atoms in total. The number of fused-ring (bicyclic) bond motifs is 3. The summed E-state index contributed by atoms with van der Waals surface area (Å²) in [5, 5.41) is 2.23. The molecular formula is C36H26IrN2O-2. The van der Waals surface area contributed by atoms with Gasteiger partial charge in [0.1, 0.15) is 5.58 Å². The van der Waals surface area contributed by atoms with E-state index in [-0.39, 0.29) is 20.1 Å². The molecule has 0 amide bonds. The van der Waals surface area contributed by atoms with E-state index in [4.69, 9.17) is 4.42 Å². The van der Waals surface area contributed by atoms with Crippen LogP contribution < -0.4 is 0 Å². The zero-order chi connectivity index (χ0) is 26.4. The first-order chi connectivity index (χ1) is 19.3. The van der Waals surface area contributed by atoms with E-state index in [2.05, 4.69) is 71.5 Å². The van der Waals surface area contributed by atoms with Crippen molar-refractivity contribution in [3.05, 3.63) is 156 Å². The Bertz CT molecular complexity index is 1790. The van der Waals surface area contributed by atoms with Crippen LogP contribution >= 0.6 is 0 Å². The Balaban J connectivity index is 0.000000209. The number of rotatable bonds is 4. The Morgan fingerprint density at radius 2 is 1.50 bits per heavy atom. The van der Waals surface area contributed by atoms with Crippen molar-refractivity contribution in [3.8, 4) is 22.5 Å². The average molecular weight is 695 g/mol. The van der Waals surface area contributed by atoms with E-state index in [0.717, 1.165) is 50.9 Å². The summed E-state index contributed by atoms with van der Waals surface area (Å²) < 4.78 is 6.16. The van der Waals surface area contributed by atoms with E-state index in [1.165, 1.54) is 16.7 Å². The zero-order valence-corrected chi connectivity index (χ0v) is 24.4. The quantitative estimate of drug-likeness (QED) is 0.173. The van der Waals surface area contributed by atoms with Crippen LogP contribution in [0, 0.1) is 19.1 Å². The van der Waals surface area contributed by atoms with Gasteiger partial charge in [0.05, 0.1) is 5.58 Å². The molecule has 4 aromatic carbocycles. The van der Waals surface area contributed by atoms with Gasteiger partial charge in [-0.2, -0.15) is 0 Å². The Morgan fingerprint density at radius 3 is 2.30 bits per heavy atom. The summed E-state index contributed by atoms with van der Waals surface area (Å²) in [4.78, 5) is 8.90. The molecule has 0 bridgehead atoms. The average Bonchev–Trinajstić information content (AvgIpc) is 3.39. The number of hydrogen-bond donors (Lipinski definition) is 0. The van der Waals surface area contributed by atoms with Gasteiger partial charge in [-0.3, -0.25) is 0 Å². The second kappa shape index (κ2) is 12.7. The minimum absolute atomic E-state index is 0. The molecule has 40 heavy (non-hydrogen) atoms. The molecule has 0 fully saturated rings. The van der Waals surface area contributed by atoms with Crippen molar-refractivity contribution >= 4 is 21.9 Å². The van der Waals surface area contributed by atoms with Gasteiger partial charge in [0, 0.05) is 37.9 Å². The standard InChI is InChI=1S/C25H18NO.C11H8N.Ir/c1-17-16-26-23(15-19(17)14-18-8-3-2-4-9-18)22-12-7-11-21-20-10-5-6-13-24(20)27-25(21)22;1-2-6-10(7-3-1)11-8-4-5-9-12-11;/h2-11,13,15-16H,14H2,1H3;1-6,8-9H;/q2*-1;. The number of nitrogens with zero attached hydrogens (tertiary/aromatic N) is 2. The first kappa shape index (κ1) is 27.2. The van der Waals surface area contributed by atoms with Crippen LogP contribution in [0.1, 0.15) is 16.7 Å². The fourth-order valence-electron chi connectivity index (χ4n) is 4.66. The van der Waals surface area contributed by atoms with Crippen molar-refractivity contribution in [1.82, 2.24) is 9.97 Å². The van der Waals surface area contributed by atoms with E-state index in [9.17, 15) is 0 Å². The summed E-state index contributed by atoms with van der Waals surface area (Å²) in [6.07, 6.45) is 4.62. The Hall–Kier alpha value is -4.37. The summed E-state index contributed by atoms with van der Waals surface area (Å²) in [6, 6.07) is 45.0. The Labute approximate surface area is 247 Å². The summed E-state index contributed by atoms with van der Waals surface area (Å²) in [5.74, 6) is 0. The van der Waals surface area contributed by atoms with Crippen molar-refractivity contribution in [2.45, 2.75) is 13.3 Å². The van der Waals surface area contributed by atoms with Crippen molar-refractivity contribution in [1.29, 1.82) is 0 Å². The van der Waals surface area contributed by atoms with E-state index in [1.807, 2.05) is 79.0 Å². The van der Waals surface area contributed by atoms with Crippen LogP contribution in [0.4, 0.5) is 0 Å². The zero-order valence-electron chi connectivity index (χ0n) is 22.0. The Morgan fingerprint density at radius 1 is 0.700 bits per heavy atom. The molecule has 0 saturated carbocycles. The van der Waals surface area contributed by atoms with Crippen molar-refractivity contribution in [3.63, 3.8) is 0 Å². The predicted molar refractivity (Wildman–Crippen MR) is 158 cm³/mol. The molecule has 1 radical (unpaired) electrons. The van der Waals surface area contributed by atoms with Gasteiger partial charge < -0.3 is 14.4 Å². The minimum Gasteiger partial charge on any atom is -0.501 e. The van der Waals surface area contributed by atoms with Crippen LogP contribution in [-0.2, 0) is 26.5 Å². The number of aromatic nitrogens is 2. The second-order valence-corrected chi connectivity index (χ2v) is 9.34. The molecule has 0 N–H and O–H groups in total. The summed E-state index contributed by atoms with van der Waals surface area (Å²) >= 11 is 0. The first-order valence-corrected chi connectivity index (χ1v) is 13.0. The van der Waals surface area contributed by atoms with E-state index in [1.54, 1.807) is 6.20 Å². The second-order valence-electron chi connectivity index (χ2n) is 9.34. The molecule has 0 aliphatic heterocycles. The maximum absolute atomic E-state index is 6.16. The van der Waals surface area contributed by atoms with Gasteiger partial charge >= 0.3 is 0 Å². The van der Waals surface area contributed by atoms with E-state index >= 15 is 0 Å². The van der Waals surface area contributed by atoms with Gasteiger partial charge in [-0.05, 0) is 53.6 Å². The molecule has 7 aromatic rings. The van der Waals surface area contributed by atoms with E-state index < -0.39 is 0 Å². The maximum Gasteiger partial charge on any atom is 0.120 e. The van der Waals surface area contributed by atoms with Crippen LogP contribution in [0.15, 0.2) is 132 Å². The minimum atomic E-state index is 0. The molecular weight excluding hydrogens is 669 g/mol. The van der Waals surface area contributed by atoms with Gasteiger partial charge in [-0.15, -0.1) is 54.1 Å². The fraction of sp³-hybridized carbons (Fsp3) is 0.0556. The number of furan rings is 1. The van der Waals surface area contributed by atoms with Crippen molar-refractivity contribution in [2.75, 3.05) is 0 Å². The molecule has 0 saturated heterocycles. The van der Waals surface area contributed by atoms with Crippen LogP contribution in [0.2, 0.25) is 0 Å². The van der Waals surface area contributed by atoms with E-state index in [0.29, 0.717) is 0 Å². The normalized spacial score (nSPS) is 10.5. The van der Waals surface area contributed by atoms with Crippen LogP contribution in [-0.4, -0.2) is 9.97 Å². The number of para-hydroxylation sites is 1. The van der Waals surface area contributed by atoms with Crippen LogP contribution in [0.25, 0.3) is 44.5 Å². The number of benzene rings is 4. The van der Waals surface area contributed by atoms with Gasteiger partial charge in [0.2, 0.25) is 0 Å². The molecule has 3 heterocycles. The number of hydrogen-bond acceptors (Lipinski definition) is 3. The molecule has 197 valence electrons. The molecule has 0 spiro atoms. The molecule has 0 unspecified atom stereocenters. The molecule has 0 atom stereocenters. The topological polar surface area (TPSA) is 38.9 Å². The number of aryl methyl sites for hydroxylation is 1. The molecule has 0 aliphatic carbocycles. The number of pyridine rings is 2. The maximum atomic E-state index is 6.16. The third-order valence-electron chi connectivity index (χ3n) is 6.70. The summed E-state index contributed by atoms with van der Waals surface area (Å²) in [7, 11) is 0.